The summed E-state index contributed by atoms with van der Waals surface area (Å²) in [4.78, 5) is 0. The first-order valence-corrected chi connectivity index (χ1v) is 4.21. The van der Waals surface area contributed by atoms with Crippen molar-refractivity contribution >= 4 is 0 Å². The molecule has 1 N–H and O–H groups in total. The van der Waals surface area contributed by atoms with E-state index in [-0.39, 0.29) is 12.4 Å². The first kappa shape index (κ1) is 9.99. The largest absolute Gasteiger partial charge is 0.493 e. The van der Waals surface area contributed by atoms with Crippen LogP contribution >= 0.6 is 0 Å². The van der Waals surface area contributed by atoms with E-state index in [2.05, 4.69) is 0 Å². The Bertz CT molecular complexity index is 297. The number of hydrogen-bond acceptors (Lipinski definition) is 2. The Labute approximate surface area is 77.0 Å². The van der Waals surface area contributed by atoms with Gasteiger partial charge in [0.15, 0.2) is 0 Å². The zero-order valence-electron chi connectivity index (χ0n) is 7.80. The minimum Gasteiger partial charge on any atom is -0.493 e. The molecule has 3 heteroatoms. The molecule has 0 unspecified atom stereocenters. The fraction of sp³-hybridized carbons (Fsp3) is 0.400. The van der Waals surface area contributed by atoms with E-state index in [4.69, 9.17) is 9.84 Å². The normalized spacial score (nSPS) is 10.2. The van der Waals surface area contributed by atoms with Gasteiger partial charge in [0, 0.05) is 11.6 Å². The molecule has 0 aliphatic heterocycles. The Kier molecular flexibility index (Phi) is 3.25. The molecule has 0 aliphatic carbocycles. The van der Waals surface area contributed by atoms with Crippen LogP contribution in [-0.2, 0) is 6.61 Å². The molecule has 0 amide bonds. The molecule has 0 aliphatic rings. The summed E-state index contributed by atoms with van der Waals surface area (Å²) < 4.78 is 18.2. The number of halogens is 1. The molecule has 1 rings (SSSR count). The minimum atomic E-state index is -0.305. The second-order valence-electron chi connectivity index (χ2n) is 2.80. The van der Waals surface area contributed by atoms with Gasteiger partial charge in [-0.3, -0.25) is 0 Å². The van der Waals surface area contributed by atoms with Gasteiger partial charge in [-0.1, -0.05) is 0 Å². The zero-order valence-corrected chi connectivity index (χ0v) is 7.80. The average Bonchev–Trinajstić information content (AvgIpc) is 2.11. The van der Waals surface area contributed by atoms with Crippen LogP contribution in [0.5, 0.6) is 5.75 Å². The van der Waals surface area contributed by atoms with Gasteiger partial charge in [-0.25, -0.2) is 4.39 Å². The predicted octanol–water partition coefficient (Wildman–Crippen LogP) is 2.03. The number of rotatable bonds is 3. The van der Waals surface area contributed by atoms with Gasteiger partial charge in [-0.05, 0) is 25.5 Å². The van der Waals surface area contributed by atoms with E-state index in [1.165, 1.54) is 6.07 Å². The standard InChI is InChI=1S/C10H13FO2/c1-3-13-10-5-9(11)7(2)4-8(10)6-12/h4-5,12H,3,6H2,1-2H3. The maximum Gasteiger partial charge on any atom is 0.129 e. The highest BCUT2D eigenvalue weighted by Gasteiger charge is 2.06. The summed E-state index contributed by atoms with van der Waals surface area (Å²) >= 11 is 0. The fourth-order valence-corrected chi connectivity index (χ4v) is 1.14. The van der Waals surface area contributed by atoms with Crippen molar-refractivity contribution in [3.8, 4) is 5.75 Å². The van der Waals surface area contributed by atoms with Crippen molar-refractivity contribution in [2.75, 3.05) is 6.61 Å². The maximum atomic E-state index is 13.1. The number of ether oxygens (including phenoxy) is 1. The third-order valence-electron chi connectivity index (χ3n) is 1.81. The van der Waals surface area contributed by atoms with Crippen molar-refractivity contribution in [3.05, 3.63) is 29.1 Å². The van der Waals surface area contributed by atoms with Crippen molar-refractivity contribution < 1.29 is 14.2 Å². The number of benzene rings is 1. The molecule has 72 valence electrons. The minimum absolute atomic E-state index is 0.129. The second kappa shape index (κ2) is 4.23. The zero-order chi connectivity index (χ0) is 9.84. The van der Waals surface area contributed by atoms with Crippen LogP contribution in [0.4, 0.5) is 4.39 Å². The Morgan fingerprint density at radius 1 is 1.46 bits per heavy atom. The van der Waals surface area contributed by atoms with Crippen LogP contribution in [0.1, 0.15) is 18.1 Å². The van der Waals surface area contributed by atoms with Gasteiger partial charge < -0.3 is 9.84 Å². The van der Waals surface area contributed by atoms with Crippen LogP contribution in [0, 0.1) is 12.7 Å². The lowest BCUT2D eigenvalue weighted by Crippen LogP contribution is -1.98. The molecule has 0 fully saturated rings. The second-order valence-corrected chi connectivity index (χ2v) is 2.80. The van der Waals surface area contributed by atoms with Crippen LogP contribution in [0.25, 0.3) is 0 Å². The lowest BCUT2D eigenvalue weighted by atomic mass is 10.1. The van der Waals surface area contributed by atoms with Gasteiger partial charge in [-0.2, -0.15) is 0 Å². The highest BCUT2D eigenvalue weighted by Crippen LogP contribution is 2.22. The molecular weight excluding hydrogens is 171 g/mol. The molecule has 1 aromatic carbocycles. The molecule has 0 bridgehead atoms. The highest BCUT2D eigenvalue weighted by atomic mass is 19.1. The smallest absolute Gasteiger partial charge is 0.129 e. The Morgan fingerprint density at radius 3 is 2.69 bits per heavy atom. The van der Waals surface area contributed by atoms with Gasteiger partial charge >= 0.3 is 0 Å². The monoisotopic (exact) mass is 184 g/mol. The average molecular weight is 184 g/mol. The summed E-state index contributed by atoms with van der Waals surface area (Å²) in [5.74, 6) is 0.119. The lowest BCUT2D eigenvalue weighted by Gasteiger charge is -2.09. The third kappa shape index (κ3) is 2.18. The van der Waals surface area contributed by atoms with Gasteiger partial charge in [-0.15, -0.1) is 0 Å². The van der Waals surface area contributed by atoms with Crippen molar-refractivity contribution in [2.45, 2.75) is 20.5 Å². The molecule has 2 nitrogen and oxygen atoms in total. The molecule has 0 atom stereocenters. The van der Waals surface area contributed by atoms with E-state index in [1.54, 1.807) is 13.0 Å². The molecule has 0 spiro atoms. The van der Waals surface area contributed by atoms with Crippen molar-refractivity contribution in [3.63, 3.8) is 0 Å². The Hall–Kier alpha value is -1.09. The number of hydrogen-bond donors (Lipinski definition) is 1. The summed E-state index contributed by atoms with van der Waals surface area (Å²) in [6, 6.07) is 2.91. The molecule has 0 heterocycles. The molecule has 0 saturated carbocycles. The first-order valence-electron chi connectivity index (χ1n) is 4.21. The van der Waals surface area contributed by atoms with Gasteiger partial charge in [0.2, 0.25) is 0 Å². The quantitative estimate of drug-likeness (QED) is 0.778. The summed E-state index contributed by atoms with van der Waals surface area (Å²) in [6.07, 6.45) is 0. The number of aryl methyl sites for hydroxylation is 1. The van der Waals surface area contributed by atoms with E-state index < -0.39 is 0 Å². The Morgan fingerprint density at radius 2 is 2.15 bits per heavy atom. The predicted molar refractivity (Wildman–Crippen MR) is 48.2 cm³/mol. The molecule has 1 aromatic rings. The molecule has 0 saturated heterocycles. The van der Waals surface area contributed by atoms with Gasteiger partial charge in [0.25, 0.3) is 0 Å². The van der Waals surface area contributed by atoms with Crippen LogP contribution in [0.15, 0.2) is 12.1 Å². The van der Waals surface area contributed by atoms with E-state index in [0.29, 0.717) is 23.5 Å². The lowest BCUT2D eigenvalue weighted by molar-refractivity contribution is 0.266. The van der Waals surface area contributed by atoms with Crippen LogP contribution in [0.2, 0.25) is 0 Å². The Balaban J connectivity index is 3.09. The maximum absolute atomic E-state index is 13.1. The van der Waals surface area contributed by atoms with E-state index in [9.17, 15) is 4.39 Å². The van der Waals surface area contributed by atoms with E-state index in [0.717, 1.165) is 0 Å². The number of aliphatic hydroxyl groups excluding tert-OH is 1. The number of aliphatic hydroxyl groups is 1. The summed E-state index contributed by atoms with van der Waals surface area (Å²) in [7, 11) is 0. The summed E-state index contributed by atoms with van der Waals surface area (Å²) in [6.45, 7) is 3.81. The van der Waals surface area contributed by atoms with Crippen LogP contribution < -0.4 is 4.74 Å². The fourth-order valence-electron chi connectivity index (χ4n) is 1.14. The topological polar surface area (TPSA) is 29.5 Å². The SMILES string of the molecule is CCOc1cc(F)c(C)cc1CO. The molecule has 0 radical (unpaired) electrons. The third-order valence-corrected chi connectivity index (χ3v) is 1.81. The van der Waals surface area contributed by atoms with Gasteiger partial charge in [0.05, 0.1) is 13.2 Å². The van der Waals surface area contributed by atoms with Crippen molar-refractivity contribution in [1.82, 2.24) is 0 Å². The van der Waals surface area contributed by atoms with E-state index >= 15 is 0 Å². The first-order chi connectivity index (χ1) is 6.19. The van der Waals surface area contributed by atoms with Gasteiger partial charge in [0.1, 0.15) is 11.6 Å². The summed E-state index contributed by atoms with van der Waals surface area (Å²) in [5, 5.41) is 8.96. The van der Waals surface area contributed by atoms with Crippen LogP contribution in [0.3, 0.4) is 0 Å². The van der Waals surface area contributed by atoms with Crippen molar-refractivity contribution in [1.29, 1.82) is 0 Å². The van der Waals surface area contributed by atoms with Crippen molar-refractivity contribution in [2.24, 2.45) is 0 Å². The molecule has 0 aromatic heterocycles. The van der Waals surface area contributed by atoms with Crippen LogP contribution in [-0.4, -0.2) is 11.7 Å². The molecule has 13 heavy (non-hydrogen) atoms. The van der Waals surface area contributed by atoms with E-state index in [1.807, 2.05) is 6.92 Å². The highest BCUT2D eigenvalue weighted by molar-refractivity contribution is 5.37. The summed E-state index contributed by atoms with van der Waals surface area (Å²) in [5.41, 5.74) is 1.15. The molecular formula is C10H13FO2.